The topological polar surface area (TPSA) is 67.9 Å². The van der Waals surface area contributed by atoms with E-state index in [0.29, 0.717) is 24.8 Å². The van der Waals surface area contributed by atoms with Gasteiger partial charge in [-0.15, -0.1) is 0 Å². The Balaban J connectivity index is 2.16. The van der Waals surface area contributed by atoms with Crippen molar-refractivity contribution >= 4 is 12.0 Å². The summed E-state index contributed by atoms with van der Waals surface area (Å²) in [6.45, 7) is 14.0. The summed E-state index contributed by atoms with van der Waals surface area (Å²) in [6, 6.07) is -0.0951. The van der Waals surface area contributed by atoms with E-state index in [0.717, 1.165) is 6.42 Å². The van der Waals surface area contributed by atoms with Gasteiger partial charge in [0.05, 0.1) is 12.1 Å². The van der Waals surface area contributed by atoms with Crippen LogP contribution in [0.1, 0.15) is 93.4 Å². The van der Waals surface area contributed by atoms with E-state index in [4.69, 9.17) is 9.47 Å². The lowest BCUT2D eigenvalue weighted by Gasteiger charge is -2.36. The molecular formula is C23H42N2O4. The molecule has 2 rings (SSSR count). The lowest BCUT2D eigenvalue weighted by molar-refractivity contribution is -0.123. The van der Waals surface area contributed by atoms with Crippen molar-refractivity contribution in [3.05, 3.63) is 0 Å². The van der Waals surface area contributed by atoms with Gasteiger partial charge in [-0.2, -0.15) is 0 Å². The standard InChI is InChI=1S/C23H42N2O4/c1-16(2)13-20(26)24-15-19-18(14-17-11-9-8-10-12-17)25(23(6,7)28-19)21(27)29-22(3,4)5/h16-19H,8-15H2,1-7H3,(H,24,26)/t18-,19-/m0/s1. The SMILES string of the molecule is CC(C)CC(=O)NC[C@@H]1OC(C)(C)N(C(=O)OC(C)(C)C)[C@H]1CC1CCCCC1. The molecule has 2 aliphatic rings. The minimum atomic E-state index is -0.769. The summed E-state index contributed by atoms with van der Waals surface area (Å²) < 4.78 is 12.0. The molecule has 1 aliphatic heterocycles. The van der Waals surface area contributed by atoms with Crippen molar-refractivity contribution in [1.82, 2.24) is 10.2 Å². The number of ether oxygens (including phenoxy) is 2. The smallest absolute Gasteiger partial charge is 0.412 e. The number of amides is 2. The maximum Gasteiger partial charge on any atom is 0.412 e. The van der Waals surface area contributed by atoms with Gasteiger partial charge in [0.15, 0.2) is 0 Å². The summed E-state index contributed by atoms with van der Waals surface area (Å²) in [4.78, 5) is 27.1. The molecule has 1 saturated heterocycles. The van der Waals surface area contributed by atoms with Crippen molar-refractivity contribution < 1.29 is 19.1 Å². The molecule has 168 valence electrons. The van der Waals surface area contributed by atoms with Gasteiger partial charge >= 0.3 is 6.09 Å². The summed E-state index contributed by atoms with van der Waals surface area (Å²) in [7, 11) is 0. The lowest BCUT2D eigenvalue weighted by Crippen LogP contribution is -2.51. The zero-order valence-electron chi connectivity index (χ0n) is 19.5. The Labute approximate surface area is 177 Å². The minimum absolute atomic E-state index is 0.0357. The molecule has 0 aromatic rings. The predicted octanol–water partition coefficient (Wildman–Crippen LogP) is 4.86. The molecule has 0 radical (unpaired) electrons. The van der Waals surface area contributed by atoms with Gasteiger partial charge in [0, 0.05) is 13.0 Å². The Hall–Kier alpha value is -1.30. The molecule has 2 atom stereocenters. The molecule has 6 nitrogen and oxygen atoms in total. The molecule has 6 heteroatoms. The first-order valence-corrected chi connectivity index (χ1v) is 11.4. The van der Waals surface area contributed by atoms with E-state index in [1.165, 1.54) is 32.1 Å². The Morgan fingerprint density at radius 1 is 1.17 bits per heavy atom. The Bertz CT molecular complexity index is 562. The van der Waals surface area contributed by atoms with Gasteiger partial charge < -0.3 is 14.8 Å². The number of nitrogens with one attached hydrogen (secondary N) is 1. The third-order valence-electron chi connectivity index (χ3n) is 5.76. The first-order valence-electron chi connectivity index (χ1n) is 11.4. The summed E-state index contributed by atoms with van der Waals surface area (Å²) in [5.74, 6) is 0.936. The number of nitrogens with zero attached hydrogens (tertiary/aromatic N) is 1. The van der Waals surface area contributed by atoms with Gasteiger partial charge in [-0.1, -0.05) is 46.0 Å². The number of hydrogen-bond donors (Lipinski definition) is 1. The van der Waals surface area contributed by atoms with Crippen LogP contribution in [0.3, 0.4) is 0 Å². The van der Waals surface area contributed by atoms with E-state index in [9.17, 15) is 9.59 Å². The van der Waals surface area contributed by atoms with Crippen LogP contribution in [0.4, 0.5) is 4.79 Å². The Kier molecular flexibility index (Phi) is 8.00. The van der Waals surface area contributed by atoms with Crippen molar-refractivity contribution in [2.24, 2.45) is 11.8 Å². The highest BCUT2D eigenvalue weighted by Crippen LogP contribution is 2.39. The third kappa shape index (κ3) is 7.16. The quantitative estimate of drug-likeness (QED) is 0.679. The molecule has 2 amide bonds. The summed E-state index contributed by atoms with van der Waals surface area (Å²) in [5.41, 5.74) is -1.33. The normalized spacial score (nSPS) is 25.3. The number of rotatable bonds is 6. The van der Waals surface area contributed by atoms with Crippen LogP contribution in [0.2, 0.25) is 0 Å². The van der Waals surface area contributed by atoms with Crippen molar-refractivity contribution in [1.29, 1.82) is 0 Å². The fourth-order valence-corrected chi connectivity index (χ4v) is 4.59. The largest absolute Gasteiger partial charge is 0.444 e. The summed E-state index contributed by atoms with van der Waals surface area (Å²) in [5, 5.41) is 3.03. The highest BCUT2D eigenvalue weighted by Gasteiger charge is 2.51. The molecule has 0 bridgehead atoms. The van der Waals surface area contributed by atoms with Crippen LogP contribution in [-0.2, 0) is 14.3 Å². The number of carbonyl (C=O) groups excluding carboxylic acids is 2. The second-order valence-corrected chi connectivity index (χ2v) is 10.7. The Morgan fingerprint density at radius 2 is 1.79 bits per heavy atom. The Morgan fingerprint density at radius 3 is 2.34 bits per heavy atom. The lowest BCUT2D eigenvalue weighted by atomic mass is 9.83. The molecule has 1 heterocycles. The van der Waals surface area contributed by atoms with Crippen LogP contribution in [0.15, 0.2) is 0 Å². The molecule has 0 aromatic carbocycles. The van der Waals surface area contributed by atoms with Crippen molar-refractivity contribution in [2.45, 2.75) is 117 Å². The molecule has 1 N–H and O–H groups in total. The monoisotopic (exact) mass is 410 g/mol. The average molecular weight is 411 g/mol. The van der Waals surface area contributed by atoms with Gasteiger partial charge in [-0.3, -0.25) is 9.69 Å². The average Bonchev–Trinajstić information content (AvgIpc) is 2.81. The fourth-order valence-electron chi connectivity index (χ4n) is 4.59. The van der Waals surface area contributed by atoms with Gasteiger partial charge in [0.2, 0.25) is 5.91 Å². The van der Waals surface area contributed by atoms with E-state index in [1.54, 1.807) is 4.90 Å². The second-order valence-electron chi connectivity index (χ2n) is 10.7. The molecule has 0 unspecified atom stereocenters. The van der Waals surface area contributed by atoms with Crippen molar-refractivity contribution in [3.63, 3.8) is 0 Å². The van der Waals surface area contributed by atoms with Gasteiger partial charge in [-0.25, -0.2) is 4.79 Å². The second kappa shape index (κ2) is 9.67. The molecule has 0 aromatic heterocycles. The van der Waals surface area contributed by atoms with E-state index in [2.05, 4.69) is 5.32 Å². The number of carbonyl (C=O) groups is 2. The molecule has 0 spiro atoms. The van der Waals surface area contributed by atoms with Gasteiger partial charge in [0.1, 0.15) is 11.3 Å². The third-order valence-corrected chi connectivity index (χ3v) is 5.76. The number of hydrogen-bond acceptors (Lipinski definition) is 4. The molecule has 29 heavy (non-hydrogen) atoms. The van der Waals surface area contributed by atoms with Crippen LogP contribution in [0, 0.1) is 11.8 Å². The zero-order valence-corrected chi connectivity index (χ0v) is 19.5. The summed E-state index contributed by atoms with van der Waals surface area (Å²) >= 11 is 0. The maximum absolute atomic E-state index is 13.1. The van der Waals surface area contributed by atoms with Crippen molar-refractivity contribution in [3.8, 4) is 0 Å². The van der Waals surface area contributed by atoms with E-state index < -0.39 is 11.3 Å². The molecule has 1 saturated carbocycles. The molecule has 2 fully saturated rings. The van der Waals surface area contributed by atoms with Crippen LogP contribution < -0.4 is 5.32 Å². The minimum Gasteiger partial charge on any atom is -0.444 e. The van der Waals surface area contributed by atoms with Gasteiger partial charge in [0.25, 0.3) is 0 Å². The molecular weight excluding hydrogens is 368 g/mol. The van der Waals surface area contributed by atoms with E-state index in [1.807, 2.05) is 48.5 Å². The first kappa shape index (κ1) is 24.0. The van der Waals surface area contributed by atoms with Crippen molar-refractivity contribution in [2.75, 3.05) is 6.54 Å². The van der Waals surface area contributed by atoms with E-state index in [-0.39, 0.29) is 24.1 Å². The maximum atomic E-state index is 13.1. The van der Waals surface area contributed by atoms with Crippen LogP contribution >= 0.6 is 0 Å². The van der Waals surface area contributed by atoms with Crippen LogP contribution in [0.5, 0.6) is 0 Å². The summed E-state index contributed by atoms with van der Waals surface area (Å²) in [6.07, 6.45) is 7.04. The van der Waals surface area contributed by atoms with E-state index >= 15 is 0 Å². The van der Waals surface area contributed by atoms with Crippen LogP contribution in [-0.4, -0.2) is 46.9 Å². The predicted molar refractivity (Wildman–Crippen MR) is 114 cm³/mol. The van der Waals surface area contributed by atoms with Crippen LogP contribution in [0.25, 0.3) is 0 Å². The van der Waals surface area contributed by atoms with Gasteiger partial charge in [-0.05, 0) is 52.9 Å². The molecule has 1 aliphatic carbocycles. The zero-order chi connectivity index (χ0) is 21.8. The fraction of sp³-hybridized carbons (Fsp3) is 0.913. The highest BCUT2D eigenvalue weighted by molar-refractivity contribution is 5.76. The first-order chi connectivity index (χ1) is 13.4. The highest BCUT2D eigenvalue weighted by atomic mass is 16.6.